The van der Waals surface area contributed by atoms with Crippen LogP contribution in [0.15, 0.2) is 0 Å². The molecule has 0 aromatic rings. The summed E-state index contributed by atoms with van der Waals surface area (Å²) in [7, 11) is 0. The molecule has 7 N–H and O–H groups in total. The minimum Gasteiger partial charge on any atom is -0.394 e. The molecule has 0 bridgehead atoms. The number of hydrogen-bond donors (Lipinski definition) is 5. The van der Waals surface area contributed by atoms with Crippen molar-refractivity contribution in [1.82, 2.24) is 0 Å². The van der Waals surface area contributed by atoms with E-state index in [1.807, 2.05) is 0 Å². The van der Waals surface area contributed by atoms with Crippen molar-refractivity contribution in [1.29, 1.82) is 0 Å². The molecule has 1 saturated carbocycles. The topological polar surface area (TPSA) is 122 Å². The first-order valence-electron chi connectivity index (χ1n) is 15.8. The largest absolute Gasteiger partial charge is 0.394 e. The number of aliphatic hydroxyl groups excluding tert-OH is 3. The van der Waals surface area contributed by atoms with Gasteiger partial charge >= 0.3 is 0 Å². The van der Waals surface area contributed by atoms with Crippen LogP contribution in [-0.2, 0) is 9.47 Å². The second kappa shape index (κ2) is 17.9. The van der Waals surface area contributed by atoms with Crippen LogP contribution in [0.3, 0.4) is 0 Å². The number of hydrogen-bond acceptors (Lipinski definition) is 6. The highest BCUT2D eigenvalue weighted by atomic mass is 16.5. The highest BCUT2D eigenvalue weighted by molar-refractivity contribution is 5.06. The van der Waals surface area contributed by atoms with Crippen molar-refractivity contribution in [3.05, 3.63) is 0 Å². The molecule has 9 atom stereocenters. The summed E-state index contributed by atoms with van der Waals surface area (Å²) >= 11 is 0. The van der Waals surface area contributed by atoms with E-state index in [-0.39, 0.29) is 37.0 Å². The predicted octanol–water partition coefficient (Wildman–Crippen LogP) is 2.70. The van der Waals surface area contributed by atoms with Gasteiger partial charge in [0.2, 0.25) is 0 Å². The molecular formula is C31H57N2O5+. The van der Waals surface area contributed by atoms with Crippen molar-refractivity contribution in [2.24, 2.45) is 29.4 Å². The lowest BCUT2D eigenvalue weighted by Gasteiger charge is -2.35. The van der Waals surface area contributed by atoms with Gasteiger partial charge in [0.05, 0.1) is 44.2 Å². The standard InChI is InChI=1S/C31H56N2O5/c1-2-23-7-3-4-11-29(38-20-18-34)26(10-5-8-23)27(35)14-12-25-13-15-28(36)30(21-25)37-19-6-9-24-16-17-33-31(32)22-24/h23-31,33-36H,2-4,6-7,9-22,32H2,1H3/p+1/t23-,24?,25?,26+,27+,28?,29-,30?,31?/m0/s1. The minimum absolute atomic E-state index is 0.00148. The SMILES string of the molecule is CC[C@@H]1C#CC[C@H]([C@H](O)CCC2CCC(O)C(OCCCC3CC[NH2+]C(N)C3)C2)[C@@H](OCCO)CCCC1. The van der Waals surface area contributed by atoms with Crippen molar-refractivity contribution >= 4 is 0 Å². The highest BCUT2D eigenvalue weighted by Gasteiger charge is 2.33. The Morgan fingerprint density at radius 3 is 2.55 bits per heavy atom. The molecule has 1 heterocycles. The van der Waals surface area contributed by atoms with Gasteiger partial charge in [-0.15, -0.1) is 5.92 Å². The third-order valence-corrected chi connectivity index (χ3v) is 9.30. The highest BCUT2D eigenvalue weighted by Crippen LogP contribution is 2.33. The zero-order valence-electron chi connectivity index (χ0n) is 23.9. The molecule has 7 heteroatoms. The third kappa shape index (κ3) is 11.0. The van der Waals surface area contributed by atoms with E-state index in [9.17, 15) is 15.3 Å². The van der Waals surface area contributed by atoms with E-state index in [1.165, 1.54) is 6.42 Å². The maximum Gasteiger partial charge on any atom is 0.137 e. The summed E-state index contributed by atoms with van der Waals surface area (Å²) in [5.41, 5.74) is 6.08. The first-order chi connectivity index (χ1) is 18.5. The van der Waals surface area contributed by atoms with E-state index >= 15 is 0 Å². The lowest BCUT2D eigenvalue weighted by molar-refractivity contribution is -0.699. The van der Waals surface area contributed by atoms with E-state index < -0.39 is 6.10 Å². The Balaban J connectivity index is 1.46. The van der Waals surface area contributed by atoms with E-state index in [1.54, 1.807) is 0 Å². The van der Waals surface area contributed by atoms with Gasteiger partial charge in [-0.1, -0.05) is 25.7 Å². The average molecular weight is 538 g/mol. The molecule has 0 aromatic carbocycles. The number of nitrogens with two attached hydrogens (primary N) is 2. The van der Waals surface area contributed by atoms with E-state index in [0.29, 0.717) is 37.4 Å². The molecule has 2 aliphatic carbocycles. The van der Waals surface area contributed by atoms with E-state index in [0.717, 1.165) is 90.0 Å². The Morgan fingerprint density at radius 1 is 0.974 bits per heavy atom. The Hall–Kier alpha value is -0.720. The van der Waals surface area contributed by atoms with E-state index in [2.05, 4.69) is 24.1 Å². The number of quaternary nitrogens is 1. The van der Waals surface area contributed by atoms with Gasteiger partial charge in [0, 0.05) is 31.3 Å². The van der Waals surface area contributed by atoms with Crippen molar-refractivity contribution in [3.63, 3.8) is 0 Å². The molecule has 0 spiro atoms. The van der Waals surface area contributed by atoms with Gasteiger partial charge in [0.15, 0.2) is 0 Å². The van der Waals surface area contributed by atoms with Gasteiger partial charge in [-0.05, 0) is 82.5 Å². The van der Waals surface area contributed by atoms with Gasteiger partial charge in [0.25, 0.3) is 0 Å². The van der Waals surface area contributed by atoms with Gasteiger partial charge in [-0.25, -0.2) is 0 Å². The molecule has 5 unspecified atom stereocenters. The first kappa shape index (κ1) is 31.8. The van der Waals surface area contributed by atoms with Crippen LogP contribution in [-0.4, -0.2) is 72.3 Å². The average Bonchev–Trinajstić information content (AvgIpc) is 2.92. The van der Waals surface area contributed by atoms with Crippen LogP contribution in [0.4, 0.5) is 0 Å². The maximum absolute atomic E-state index is 11.3. The Bertz CT molecular complexity index is 697. The molecule has 2 fully saturated rings. The second-order valence-corrected chi connectivity index (χ2v) is 12.2. The summed E-state index contributed by atoms with van der Waals surface area (Å²) < 4.78 is 12.2. The minimum atomic E-state index is -0.474. The Morgan fingerprint density at radius 2 is 1.76 bits per heavy atom. The quantitative estimate of drug-likeness (QED) is 0.182. The molecular weight excluding hydrogens is 480 g/mol. The monoisotopic (exact) mass is 537 g/mol. The number of piperidine rings is 1. The molecule has 1 aliphatic heterocycles. The van der Waals surface area contributed by atoms with Crippen molar-refractivity contribution < 1.29 is 30.1 Å². The van der Waals surface area contributed by atoms with Crippen molar-refractivity contribution in [2.45, 2.75) is 134 Å². The molecule has 0 aromatic heterocycles. The Labute approximate surface area is 231 Å². The van der Waals surface area contributed by atoms with Crippen LogP contribution in [0, 0.1) is 35.5 Å². The fourth-order valence-corrected chi connectivity index (χ4v) is 6.85. The first-order valence-corrected chi connectivity index (χ1v) is 15.8. The molecule has 220 valence electrons. The van der Waals surface area contributed by atoms with Gasteiger partial charge < -0.3 is 30.1 Å². The summed E-state index contributed by atoms with van der Waals surface area (Å²) in [6.07, 6.45) is 14.0. The summed E-state index contributed by atoms with van der Waals surface area (Å²) in [5.74, 6) is 8.41. The van der Waals surface area contributed by atoms with Crippen LogP contribution >= 0.6 is 0 Å². The third-order valence-electron chi connectivity index (χ3n) is 9.30. The fourth-order valence-electron chi connectivity index (χ4n) is 6.85. The normalized spacial score (nSPS) is 35.7. The number of ether oxygens (including phenoxy) is 2. The molecule has 7 nitrogen and oxygen atoms in total. The molecule has 1 saturated heterocycles. The maximum atomic E-state index is 11.3. The van der Waals surface area contributed by atoms with Crippen LogP contribution < -0.4 is 11.1 Å². The smallest absolute Gasteiger partial charge is 0.137 e. The molecule has 38 heavy (non-hydrogen) atoms. The zero-order valence-corrected chi connectivity index (χ0v) is 23.9. The molecule has 3 rings (SSSR count). The summed E-state index contributed by atoms with van der Waals surface area (Å²) in [4.78, 5) is 0. The lowest BCUT2D eigenvalue weighted by Crippen LogP contribution is -2.94. The Kier molecular flexibility index (Phi) is 14.9. The summed E-state index contributed by atoms with van der Waals surface area (Å²) in [6.45, 7) is 4.35. The van der Waals surface area contributed by atoms with Crippen molar-refractivity contribution in [3.8, 4) is 11.8 Å². The second-order valence-electron chi connectivity index (χ2n) is 12.2. The predicted molar refractivity (Wildman–Crippen MR) is 150 cm³/mol. The van der Waals surface area contributed by atoms with Crippen LogP contribution in [0.5, 0.6) is 0 Å². The number of rotatable bonds is 13. The van der Waals surface area contributed by atoms with Crippen molar-refractivity contribution in [2.75, 3.05) is 26.4 Å². The summed E-state index contributed by atoms with van der Waals surface area (Å²) in [6, 6.07) is 0. The van der Waals surface area contributed by atoms with E-state index in [4.69, 9.17) is 15.2 Å². The summed E-state index contributed by atoms with van der Waals surface area (Å²) in [5, 5.41) is 33.4. The molecule has 0 radical (unpaired) electrons. The molecule has 0 amide bonds. The van der Waals surface area contributed by atoms with Gasteiger partial charge in [-0.2, -0.15) is 0 Å². The fraction of sp³-hybridized carbons (Fsp3) is 0.935. The van der Waals surface area contributed by atoms with Gasteiger partial charge in [-0.3, -0.25) is 5.73 Å². The van der Waals surface area contributed by atoms with Crippen LogP contribution in [0.1, 0.15) is 103 Å². The number of aliphatic hydroxyl groups is 3. The van der Waals surface area contributed by atoms with Crippen LogP contribution in [0.25, 0.3) is 0 Å². The van der Waals surface area contributed by atoms with Crippen LogP contribution in [0.2, 0.25) is 0 Å². The zero-order chi connectivity index (χ0) is 27.2. The lowest BCUT2D eigenvalue weighted by atomic mass is 9.79. The van der Waals surface area contributed by atoms with Gasteiger partial charge in [0.1, 0.15) is 6.17 Å². The molecule has 3 aliphatic rings.